The topological polar surface area (TPSA) is 58.4 Å². The Balaban J connectivity index is 2.95. The molecule has 3 N–H and O–H groups in total. The predicted octanol–water partition coefficient (Wildman–Crippen LogP) is 1.51. The van der Waals surface area contributed by atoms with Crippen LogP contribution < -0.4 is 16.0 Å². The van der Waals surface area contributed by atoms with Gasteiger partial charge < -0.3 is 16.0 Å². The first-order valence-corrected chi connectivity index (χ1v) is 6.48. The zero-order chi connectivity index (χ0) is 14.5. The first-order valence-electron chi connectivity index (χ1n) is 6.48. The fraction of sp³-hybridized carbons (Fsp3) is 0.500. The Bertz CT molecular complexity index is 438. The molecule has 106 valence electrons. The second-order valence-corrected chi connectivity index (χ2v) is 4.72. The lowest BCUT2D eigenvalue weighted by Crippen LogP contribution is -2.59. The first kappa shape index (κ1) is 15.4. The maximum Gasteiger partial charge on any atom is 0.239 e. The molecule has 4 nitrogen and oxygen atoms in total. The third-order valence-corrected chi connectivity index (χ3v) is 3.17. The highest BCUT2D eigenvalue weighted by molar-refractivity contribution is 5.85. The van der Waals surface area contributed by atoms with Crippen molar-refractivity contribution >= 4 is 11.6 Å². The lowest BCUT2D eigenvalue weighted by Gasteiger charge is -2.34. The smallest absolute Gasteiger partial charge is 0.239 e. The second-order valence-electron chi connectivity index (χ2n) is 4.72. The van der Waals surface area contributed by atoms with Gasteiger partial charge in [0.15, 0.2) is 0 Å². The van der Waals surface area contributed by atoms with Gasteiger partial charge in [0.2, 0.25) is 5.91 Å². The summed E-state index contributed by atoms with van der Waals surface area (Å²) >= 11 is 0. The fourth-order valence-electron chi connectivity index (χ4n) is 2.05. The van der Waals surface area contributed by atoms with Crippen LogP contribution in [0.3, 0.4) is 0 Å². The summed E-state index contributed by atoms with van der Waals surface area (Å²) in [7, 11) is 0. The van der Waals surface area contributed by atoms with Gasteiger partial charge in [-0.05, 0) is 38.6 Å². The molecule has 5 heteroatoms. The van der Waals surface area contributed by atoms with Crippen LogP contribution in [0.2, 0.25) is 0 Å². The minimum absolute atomic E-state index is 0.292. The third kappa shape index (κ3) is 3.92. The highest BCUT2D eigenvalue weighted by Gasteiger charge is 2.32. The van der Waals surface area contributed by atoms with E-state index in [2.05, 4.69) is 5.32 Å². The van der Waals surface area contributed by atoms with E-state index in [9.17, 15) is 9.18 Å². The number of hydrogen-bond donors (Lipinski definition) is 2. The Morgan fingerprint density at radius 1 is 1.47 bits per heavy atom. The van der Waals surface area contributed by atoms with Gasteiger partial charge in [0.25, 0.3) is 0 Å². The Hall–Kier alpha value is -1.62. The number of amides is 1. The van der Waals surface area contributed by atoms with E-state index < -0.39 is 11.4 Å². The van der Waals surface area contributed by atoms with E-state index in [0.717, 1.165) is 5.69 Å². The number of benzene rings is 1. The van der Waals surface area contributed by atoms with Crippen LogP contribution >= 0.6 is 0 Å². The summed E-state index contributed by atoms with van der Waals surface area (Å²) in [6, 6.07) is 6.33. The zero-order valence-electron chi connectivity index (χ0n) is 11.7. The summed E-state index contributed by atoms with van der Waals surface area (Å²) in [5, 5.41) is 3.10. The maximum atomic E-state index is 13.3. The predicted molar refractivity (Wildman–Crippen MR) is 75.6 cm³/mol. The van der Waals surface area contributed by atoms with Crippen LogP contribution in [0.25, 0.3) is 0 Å². The summed E-state index contributed by atoms with van der Waals surface area (Å²) in [4.78, 5) is 13.5. The van der Waals surface area contributed by atoms with Gasteiger partial charge in [-0.1, -0.05) is 13.0 Å². The van der Waals surface area contributed by atoms with E-state index in [1.807, 2.05) is 24.8 Å². The average Bonchev–Trinajstić information content (AvgIpc) is 2.36. The number of nitrogens with zero attached hydrogens (tertiary/aromatic N) is 1. The Labute approximate surface area is 113 Å². The van der Waals surface area contributed by atoms with Crippen molar-refractivity contribution in [3.05, 3.63) is 30.1 Å². The third-order valence-electron chi connectivity index (χ3n) is 3.17. The standard InChI is InChI=1S/C14H22FN3O/c1-4-17-14(3,13(16)19)10-18(5-2)12-8-6-7-11(15)9-12/h6-9,17H,4-5,10H2,1-3H3,(H2,16,19). The molecule has 0 aliphatic heterocycles. The van der Waals surface area contributed by atoms with Crippen LogP contribution in [0.5, 0.6) is 0 Å². The number of likely N-dealkylation sites (N-methyl/N-ethyl adjacent to an activating group) is 2. The minimum atomic E-state index is -0.836. The quantitative estimate of drug-likeness (QED) is 0.787. The van der Waals surface area contributed by atoms with Crippen LogP contribution in [-0.2, 0) is 4.79 Å². The van der Waals surface area contributed by atoms with E-state index in [4.69, 9.17) is 5.73 Å². The number of halogens is 1. The molecule has 0 heterocycles. The molecule has 1 atom stereocenters. The van der Waals surface area contributed by atoms with Gasteiger partial charge >= 0.3 is 0 Å². The molecule has 0 aliphatic rings. The molecule has 1 unspecified atom stereocenters. The van der Waals surface area contributed by atoms with Gasteiger partial charge in [-0.15, -0.1) is 0 Å². The minimum Gasteiger partial charge on any atom is -0.369 e. The van der Waals surface area contributed by atoms with E-state index in [1.54, 1.807) is 13.0 Å². The molecule has 0 aliphatic carbocycles. The largest absolute Gasteiger partial charge is 0.369 e. The molecule has 1 rings (SSSR count). The maximum absolute atomic E-state index is 13.3. The summed E-state index contributed by atoms with van der Waals surface area (Å²) in [5.74, 6) is -0.704. The molecule has 1 amide bonds. The lowest BCUT2D eigenvalue weighted by atomic mass is 10.00. The van der Waals surface area contributed by atoms with E-state index in [1.165, 1.54) is 12.1 Å². The monoisotopic (exact) mass is 267 g/mol. The molecular formula is C14H22FN3O. The molecule has 0 bridgehead atoms. The fourth-order valence-corrected chi connectivity index (χ4v) is 2.05. The number of carbonyl (C=O) groups excluding carboxylic acids is 1. The Kier molecular flexibility index (Phi) is 5.30. The van der Waals surface area contributed by atoms with Gasteiger partial charge in [0.1, 0.15) is 11.4 Å². The van der Waals surface area contributed by atoms with E-state index in [-0.39, 0.29) is 5.82 Å². The average molecular weight is 267 g/mol. The molecule has 0 spiro atoms. The van der Waals surface area contributed by atoms with E-state index >= 15 is 0 Å². The number of anilines is 1. The van der Waals surface area contributed by atoms with Gasteiger partial charge in [-0.3, -0.25) is 4.79 Å². The van der Waals surface area contributed by atoms with Crippen LogP contribution in [-0.4, -0.2) is 31.1 Å². The zero-order valence-corrected chi connectivity index (χ0v) is 11.7. The number of nitrogens with one attached hydrogen (secondary N) is 1. The molecule has 0 aromatic heterocycles. The van der Waals surface area contributed by atoms with Crippen LogP contribution in [0.4, 0.5) is 10.1 Å². The molecular weight excluding hydrogens is 245 g/mol. The second kappa shape index (κ2) is 6.52. The van der Waals surface area contributed by atoms with Crippen molar-refractivity contribution < 1.29 is 9.18 Å². The van der Waals surface area contributed by atoms with Gasteiger partial charge in [0, 0.05) is 18.8 Å². The summed E-state index contributed by atoms with van der Waals surface area (Å²) < 4.78 is 13.3. The lowest BCUT2D eigenvalue weighted by molar-refractivity contribution is -0.123. The van der Waals surface area contributed by atoms with Crippen molar-refractivity contribution in [2.24, 2.45) is 5.73 Å². The van der Waals surface area contributed by atoms with Crippen molar-refractivity contribution in [1.82, 2.24) is 5.32 Å². The molecule has 1 aromatic rings. The first-order chi connectivity index (χ1) is 8.92. The van der Waals surface area contributed by atoms with Crippen molar-refractivity contribution in [3.8, 4) is 0 Å². The summed E-state index contributed by atoms with van der Waals surface area (Å²) in [6.45, 7) is 7.34. The molecule has 0 fully saturated rings. The molecule has 1 aromatic carbocycles. The number of hydrogen-bond acceptors (Lipinski definition) is 3. The van der Waals surface area contributed by atoms with Crippen LogP contribution in [0.15, 0.2) is 24.3 Å². The Morgan fingerprint density at radius 3 is 2.63 bits per heavy atom. The number of primary amides is 1. The van der Waals surface area contributed by atoms with Crippen molar-refractivity contribution in [1.29, 1.82) is 0 Å². The normalized spacial score (nSPS) is 13.9. The van der Waals surface area contributed by atoms with Crippen molar-refractivity contribution in [3.63, 3.8) is 0 Å². The van der Waals surface area contributed by atoms with Crippen molar-refractivity contribution in [2.45, 2.75) is 26.3 Å². The van der Waals surface area contributed by atoms with Crippen molar-refractivity contribution in [2.75, 3.05) is 24.5 Å². The van der Waals surface area contributed by atoms with Gasteiger partial charge in [-0.2, -0.15) is 0 Å². The molecule has 19 heavy (non-hydrogen) atoms. The highest BCUT2D eigenvalue weighted by Crippen LogP contribution is 2.18. The summed E-state index contributed by atoms with van der Waals surface area (Å²) in [5.41, 5.74) is 5.37. The van der Waals surface area contributed by atoms with Gasteiger partial charge in [0.05, 0.1) is 0 Å². The van der Waals surface area contributed by atoms with Gasteiger partial charge in [-0.25, -0.2) is 4.39 Å². The molecule has 0 radical (unpaired) electrons. The summed E-state index contributed by atoms with van der Waals surface area (Å²) in [6.07, 6.45) is 0. The highest BCUT2D eigenvalue weighted by atomic mass is 19.1. The molecule has 0 saturated heterocycles. The Morgan fingerprint density at radius 2 is 2.16 bits per heavy atom. The number of carbonyl (C=O) groups is 1. The SMILES string of the molecule is CCNC(C)(CN(CC)c1cccc(F)c1)C(N)=O. The van der Waals surface area contributed by atoms with Crippen LogP contribution in [0.1, 0.15) is 20.8 Å². The van der Waals surface area contributed by atoms with E-state index in [0.29, 0.717) is 19.6 Å². The number of nitrogens with two attached hydrogens (primary N) is 1. The van der Waals surface area contributed by atoms with Crippen LogP contribution in [0, 0.1) is 5.82 Å². The number of rotatable bonds is 7. The molecule has 0 saturated carbocycles.